The lowest BCUT2D eigenvalue weighted by Gasteiger charge is -1.99. The number of aryl methyl sites for hydroxylation is 1. The van der Waals surface area contributed by atoms with E-state index in [1.54, 1.807) is 12.1 Å². The van der Waals surface area contributed by atoms with Gasteiger partial charge in [0.15, 0.2) is 5.88 Å². The number of aromatic hydroxyl groups is 1. The Morgan fingerprint density at radius 2 is 2.05 bits per heavy atom. The molecule has 108 valence electrons. The fourth-order valence-electron chi connectivity index (χ4n) is 2.85. The lowest BCUT2D eigenvalue weighted by Crippen LogP contribution is -2.10. The molecule has 4 rings (SSSR count). The van der Waals surface area contributed by atoms with Gasteiger partial charge in [-0.25, -0.2) is 4.99 Å². The molecule has 0 spiro atoms. The standard InChI is InChI=1S/C17H11BrN2O2/c1-8-3-2-4-10-13(17(22)20-14(8)10)15-16(21)11-7-9(18)5-6-12(11)19-15/h2-7,20,22H,1H3. The van der Waals surface area contributed by atoms with Crippen LogP contribution in [0.3, 0.4) is 0 Å². The molecule has 1 aromatic heterocycles. The van der Waals surface area contributed by atoms with Crippen molar-refractivity contribution in [3.63, 3.8) is 0 Å². The number of hydrogen-bond donors (Lipinski definition) is 2. The lowest BCUT2D eigenvalue weighted by molar-refractivity contribution is 0.107. The van der Waals surface area contributed by atoms with Crippen molar-refractivity contribution in [3.8, 4) is 5.88 Å². The van der Waals surface area contributed by atoms with Gasteiger partial charge in [-0.15, -0.1) is 0 Å². The zero-order valence-electron chi connectivity index (χ0n) is 11.6. The van der Waals surface area contributed by atoms with Crippen LogP contribution in [0, 0.1) is 6.92 Å². The van der Waals surface area contributed by atoms with E-state index < -0.39 is 0 Å². The monoisotopic (exact) mass is 354 g/mol. The van der Waals surface area contributed by atoms with Gasteiger partial charge in [-0.05, 0) is 30.7 Å². The number of carbonyl (C=O) groups excluding carboxylic acids is 1. The van der Waals surface area contributed by atoms with Gasteiger partial charge in [-0.2, -0.15) is 0 Å². The van der Waals surface area contributed by atoms with Crippen molar-refractivity contribution < 1.29 is 9.90 Å². The molecule has 2 N–H and O–H groups in total. The molecule has 4 nitrogen and oxygen atoms in total. The van der Waals surface area contributed by atoms with Gasteiger partial charge in [-0.3, -0.25) is 4.79 Å². The van der Waals surface area contributed by atoms with Crippen LogP contribution in [-0.4, -0.2) is 21.6 Å². The SMILES string of the molecule is Cc1cccc2c(C3=Nc4ccc(Br)cc4C3=O)c(O)[nH]c12. The van der Waals surface area contributed by atoms with Crippen molar-refractivity contribution in [1.29, 1.82) is 0 Å². The van der Waals surface area contributed by atoms with Crippen molar-refractivity contribution in [1.82, 2.24) is 4.98 Å². The fraction of sp³-hybridized carbons (Fsp3) is 0.0588. The van der Waals surface area contributed by atoms with Gasteiger partial charge in [0.25, 0.3) is 0 Å². The number of rotatable bonds is 1. The molecular weight excluding hydrogens is 344 g/mol. The maximum absolute atomic E-state index is 12.7. The number of H-pyrrole nitrogens is 1. The van der Waals surface area contributed by atoms with Crippen LogP contribution in [0.5, 0.6) is 5.88 Å². The maximum atomic E-state index is 12.7. The number of hydrogen-bond acceptors (Lipinski definition) is 3. The summed E-state index contributed by atoms with van der Waals surface area (Å²) in [6, 6.07) is 11.1. The van der Waals surface area contributed by atoms with E-state index >= 15 is 0 Å². The first-order valence-corrected chi connectivity index (χ1v) is 7.59. The van der Waals surface area contributed by atoms with E-state index in [0.29, 0.717) is 16.8 Å². The number of ketones is 1. The van der Waals surface area contributed by atoms with Crippen molar-refractivity contribution in [2.45, 2.75) is 6.92 Å². The Morgan fingerprint density at radius 1 is 1.23 bits per heavy atom. The molecule has 1 aliphatic rings. The minimum Gasteiger partial charge on any atom is -0.494 e. The number of aromatic amines is 1. The quantitative estimate of drug-likeness (QED) is 0.685. The summed E-state index contributed by atoms with van der Waals surface area (Å²) in [7, 11) is 0. The summed E-state index contributed by atoms with van der Waals surface area (Å²) in [6.07, 6.45) is 0. The molecule has 0 aliphatic carbocycles. The summed E-state index contributed by atoms with van der Waals surface area (Å²) in [5.74, 6) is -0.197. The lowest BCUT2D eigenvalue weighted by atomic mass is 10.0. The van der Waals surface area contributed by atoms with Gasteiger partial charge in [0.1, 0.15) is 5.71 Å². The average Bonchev–Trinajstić information content (AvgIpc) is 2.98. The van der Waals surface area contributed by atoms with Crippen molar-refractivity contribution in [2.24, 2.45) is 4.99 Å². The zero-order valence-corrected chi connectivity index (χ0v) is 13.2. The number of carbonyl (C=O) groups is 1. The molecule has 0 radical (unpaired) electrons. The first-order chi connectivity index (χ1) is 10.6. The van der Waals surface area contributed by atoms with E-state index in [0.717, 1.165) is 20.9 Å². The topological polar surface area (TPSA) is 65.4 Å². The first kappa shape index (κ1) is 13.3. The van der Waals surface area contributed by atoms with Crippen LogP contribution in [0.15, 0.2) is 45.9 Å². The van der Waals surface area contributed by atoms with Crippen LogP contribution >= 0.6 is 15.9 Å². The number of Topliss-reactive ketones (excluding diaryl/α,β-unsaturated/α-hetero) is 1. The first-order valence-electron chi connectivity index (χ1n) is 6.80. The Bertz CT molecular complexity index is 986. The van der Waals surface area contributed by atoms with E-state index in [9.17, 15) is 9.90 Å². The van der Waals surface area contributed by atoms with Gasteiger partial charge >= 0.3 is 0 Å². The highest BCUT2D eigenvalue weighted by molar-refractivity contribution is 9.10. The molecule has 0 unspecified atom stereocenters. The van der Waals surface area contributed by atoms with Crippen molar-refractivity contribution >= 4 is 44.0 Å². The summed E-state index contributed by atoms with van der Waals surface area (Å²) in [6.45, 7) is 1.95. The van der Waals surface area contributed by atoms with Gasteiger partial charge < -0.3 is 10.1 Å². The molecule has 1 aliphatic heterocycles. The fourth-order valence-corrected chi connectivity index (χ4v) is 3.21. The molecule has 0 atom stereocenters. The Hall–Kier alpha value is -2.40. The van der Waals surface area contributed by atoms with Gasteiger partial charge in [0, 0.05) is 9.86 Å². The highest BCUT2D eigenvalue weighted by Gasteiger charge is 2.30. The van der Waals surface area contributed by atoms with Crippen LogP contribution in [0.2, 0.25) is 0 Å². The minimum atomic E-state index is -0.172. The third kappa shape index (κ3) is 1.75. The third-order valence-corrected chi connectivity index (χ3v) is 4.40. The number of fused-ring (bicyclic) bond motifs is 2. The molecule has 0 fully saturated rings. The zero-order chi connectivity index (χ0) is 15.4. The van der Waals surface area contributed by atoms with Crippen LogP contribution in [0.1, 0.15) is 21.5 Å². The Balaban J connectivity index is 1.97. The molecule has 22 heavy (non-hydrogen) atoms. The van der Waals surface area contributed by atoms with Crippen molar-refractivity contribution in [2.75, 3.05) is 0 Å². The smallest absolute Gasteiger partial charge is 0.214 e. The number of aromatic nitrogens is 1. The number of benzene rings is 2. The molecule has 0 saturated heterocycles. The summed E-state index contributed by atoms with van der Waals surface area (Å²) in [5.41, 5.74) is 3.75. The third-order valence-electron chi connectivity index (χ3n) is 3.91. The normalized spacial score (nSPS) is 13.5. The highest BCUT2D eigenvalue weighted by Crippen LogP contribution is 2.36. The molecule has 0 amide bonds. The van der Waals surface area contributed by atoms with Crippen LogP contribution in [-0.2, 0) is 0 Å². The van der Waals surface area contributed by atoms with E-state index in [1.807, 2.05) is 31.2 Å². The average molecular weight is 355 g/mol. The van der Waals surface area contributed by atoms with Crippen molar-refractivity contribution in [3.05, 3.63) is 57.6 Å². The van der Waals surface area contributed by atoms with Crippen LogP contribution in [0.25, 0.3) is 10.9 Å². The van der Waals surface area contributed by atoms with Gasteiger partial charge in [0.05, 0.1) is 22.3 Å². The van der Waals surface area contributed by atoms with E-state index in [-0.39, 0.29) is 17.4 Å². The number of halogens is 1. The number of nitrogens with one attached hydrogen (secondary N) is 1. The van der Waals surface area contributed by atoms with Gasteiger partial charge in [0.2, 0.25) is 5.78 Å². The molecule has 2 aromatic carbocycles. The molecular formula is C17H11BrN2O2. The largest absolute Gasteiger partial charge is 0.494 e. The molecule has 3 aromatic rings. The van der Waals surface area contributed by atoms with Gasteiger partial charge in [-0.1, -0.05) is 34.1 Å². The maximum Gasteiger partial charge on any atom is 0.214 e. The molecule has 2 heterocycles. The summed E-state index contributed by atoms with van der Waals surface area (Å²) < 4.78 is 0.829. The second kappa shape index (κ2) is 4.55. The highest BCUT2D eigenvalue weighted by atomic mass is 79.9. The molecule has 0 saturated carbocycles. The second-order valence-corrected chi connectivity index (χ2v) is 6.21. The summed E-state index contributed by atoms with van der Waals surface area (Å²) >= 11 is 3.37. The van der Waals surface area contributed by atoms with E-state index in [2.05, 4.69) is 25.9 Å². The minimum absolute atomic E-state index is 0.0247. The number of aliphatic imine (C=N–C) groups is 1. The predicted molar refractivity (Wildman–Crippen MR) is 89.4 cm³/mol. The Kier molecular flexibility index (Phi) is 2.74. The van der Waals surface area contributed by atoms with E-state index in [4.69, 9.17) is 0 Å². The molecule has 5 heteroatoms. The Morgan fingerprint density at radius 3 is 2.86 bits per heavy atom. The van der Waals surface area contributed by atoms with E-state index in [1.165, 1.54) is 0 Å². The predicted octanol–water partition coefficient (Wildman–Crippen LogP) is 4.26. The number of nitrogens with zero attached hydrogens (tertiary/aromatic N) is 1. The second-order valence-electron chi connectivity index (χ2n) is 5.30. The number of para-hydroxylation sites is 1. The van der Waals surface area contributed by atoms with Crippen LogP contribution in [0.4, 0.5) is 5.69 Å². The summed E-state index contributed by atoms with van der Waals surface area (Å²) in [5, 5.41) is 11.1. The van der Waals surface area contributed by atoms with Crippen LogP contribution < -0.4 is 0 Å². The summed E-state index contributed by atoms with van der Waals surface area (Å²) in [4.78, 5) is 20.0. The Labute approximate surface area is 134 Å². The molecule has 0 bridgehead atoms.